The minimum absolute atomic E-state index is 0.591. The lowest BCUT2D eigenvalue weighted by molar-refractivity contribution is 0.407. The van der Waals surface area contributed by atoms with E-state index in [0.717, 1.165) is 31.8 Å². The van der Waals surface area contributed by atoms with Gasteiger partial charge in [-0.25, -0.2) is 0 Å². The zero-order chi connectivity index (χ0) is 14.4. The average Bonchev–Trinajstić information content (AvgIpc) is 2.40. The maximum Gasteiger partial charge on any atom is 0.124 e. The Bertz CT molecular complexity index is 416. The Morgan fingerprint density at radius 1 is 1.26 bits per heavy atom. The van der Waals surface area contributed by atoms with Crippen molar-refractivity contribution >= 4 is 0 Å². The van der Waals surface area contributed by atoms with Gasteiger partial charge in [0.05, 0.1) is 7.11 Å². The van der Waals surface area contributed by atoms with Crippen LogP contribution in [0.15, 0.2) is 6.07 Å². The lowest BCUT2D eigenvalue weighted by Gasteiger charge is -2.16. The molecule has 19 heavy (non-hydrogen) atoms. The molecule has 0 saturated carbocycles. The quantitative estimate of drug-likeness (QED) is 0.744. The molecule has 3 N–H and O–H groups in total. The summed E-state index contributed by atoms with van der Waals surface area (Å²) < 4.78 is 5.45. The molecular weight excluding hydrogens is 236 g/mol. The van der Waals surface area contributed by atoms with E-state index in [2.05, 4.69) is 39.1 Å². The molecule has 1 unspecified atom stereocenters. The summed E-state index contributed by atoms with van der Waals surface area (Å²) in [6.45, 7) is 11.3. The second kappa shape index (κ2) is 7.51. The van der Waals surface area contributed by atoms with Crippen molar-refractivity contribution in [2.45, 2.75) is 40.7 Å². The van der Waals surface area contributed by atoms with E-state index >= 15 is 0 Å². The van der Waals surface area contributed by atoms with E-state index < -0.39 is 0 Å². The molecule has 0 amide bonds. The molecule has 0 fully saturated rings. The van der Waals surface area contributed by atoms with E-state index in [1.54, 1.807) is 7.11 Å². The molecule has 1 aromatic carbocycles. The van der Waals surface area contributed by atoms with E-state index in [1.807, 2.05) is 0 Å². The third-order valence-electron chi connectivity index (χ3n) is 3.87. The summed E-state index contributed by atoms with van der Waals surface area (Å²) >= 11 is 0. The van der Waals surface area contributed by atoms with Crippen molar-refractivity contribution in [2.24, 2.45) is 11.7 Å². The number of rotatable bonds is 7. The standard InChI is InChI=1S/C16H28N2O/c1-11(9-17)6-7-18-10-15-8-12(2)16(19-5)14(4)13(15)3/h8,11,18H,6-7,9-10,17H2,1-5H3. The maximum absolute atomic E-state index is 5.62. The van der Waals surface area contributed by atoms with Crippen molar-refractivity contribution < 1.29 is 4.74 Å². The van der Waals surface area contributed by atoms with E-state index in [9.17, 15) is 0 Å². The van der Waals surface area contributed by atoms with Gasteiger partial charge < -0.3 is 15.8 Å². The highest BCUT2D eigenvalue weighted by Gasteiger charge is 2.10. The fraction of sp³-hybridized carbons (Fsp3) is 0.625. The molecule has 0 heterocycles. The van der Waals surface area contributed by atoms with Crippen LogP contribution in [-0.4, -0.2) is 20.2 Å². The first kappa shape index (κ1) is 16.0. The number of hydrogen-bond donors (Lipinski definition) is 2. The van der Waals surface area contributed by atoms with Crippen molar-refractivity contribution in [1.29, 1.82) is 0 Å². The smallest absolute Gasteiger partial charge is 0.124 e. The Labute approximate surface area is 117 Å². The molecule has 0 spiro atoms. The van der Waals surface area contributed by atoms with Crippen molar-refractivity contribution in [3.63, 3.8) is 0 Å². The average molecular weight is 264 g/mol. The van der Waals surface area contributed by atoms with E-state index in [4.69, 9.17) is 10.5 Å². The molecular formula is C16H28N2O. The highest BCUT2D eigenvalue weighted by molar-refractivity contribution is 5.48. The Balaban J connectivity index is 2.64. The highest BCUT2D eigenvalue weighted by Crippen LogP contribution is 2.28. The van der Waals surface area contributed by atoms with Gasteiger partial charge in [0.15, 0.2) is 0 Å². The van der Waals surface area contributed by atoms with Crippen LogP contribution in [0.1, 0.15) is 35.6 Å². The summed E-state index contributed by atoms with van der Waals surface area (Å²) in [4.78, 5) is 0. The number of nitrogens with one attached hydrogen (secondary N) is 1. The van der Waals surface area contributed by atoms with Crippen LogP contribution in [0.2, 0.25) is 0 Å². The van der Waals surface area contributed by atoms with Crippen molar-refractivity contribution in [3.05, 3.63) is 28.3 Å². The van der Waals surface area contributed by atoms with Gasteiger partial charge in [0.2, 0.25) is 0 Å². The molecule has 108 valence electrons. The Hall–Kier alpha value is -1.06. The molecule has 0 saturated heterocycles. The largest absolute Gasteiger partial charge is 0.496 e. The van der Waals surface area contributed by atoms with Gasteiger partial charge in [-0.15, -0.1) is 0 Å². The molecule has 0 bridgehead atoms. The minimum atomic E-state index is 0.591. The monoisotopic (exact) mass is 264 g/mol. The fourth-order valence-electron chi connectivity index (χ4n) is 2.33. The normalized spacial score (nSPS) is 12.5. The van der Waals surface area contributed by atoms with Crippen LogP contribution in [-0.2, 0) is 6.54 Å². The summed E-state index contributed by atoms with van der Waals surface area (Å²) in [5.74, 6) is 1.60. The molecule has 3 nitrogen and oxygen atoms in total. The van der Waals surface area contributed by atoms with E-state index in [-0.39, 0.29) is 0 Å². The van der Waals surface area contributed by atoms with Crippen LogP contribution in [0.3, 0.4) is 0 Å². The summed E-state index contributed by atoms with van der Waals surface area (Å²) in [7, 11) is 1.74. The van der Waals surface area contributed by atoms with Gasteiger partial charge in [-0.2, -0.15) is 0 Å². The SMILES string of the molecule is COc1c(C)cc(CNCCC(C)CN)c(C)c1C. The first-order valence-electron chi connectivity index (χ1n) is 7.05. The van der Waals surface area contributed by atoms with Gasteiger partial charge in [0.1, 0.15) is 5.75 Å². The van der Waals surface area contributed by atoms with Crippen LogP contribution < -0.4 is 15.8 Å². The zero-order valence-electron chi connectivity index (χ0n) is 13.0. The van der Waals surface area contributed by atoms with E-state index in [0.29, 0.717) is 5.92 Å². The summed E-state index contributed by atoms with van der Waals surface area (Å²) in [6.07, 6.45) is 1.13. The Morgan fingerprint density at radius 3 is 2.53 bits per heavy atom. The molecule has 1 atom stereocenters. The molecule has 0 aromatic heterocycles. The van der Waals surface area contributed by atoms with Crippen LogP contribution in [0.5, 0.6) is 5.75 Å². The topological polar surface area (TPSA) is 47.3 Å². The Kier molecular flexibility index (Phi) is 6.32. The van der Waals surface area contributed by atoms with Crippen LogP contribution in [0, 0.1) is 26.7 Å². The lowest BCUT2D eigenvalue weighted by Crippen LogP contribution is -2.21. The predicted molar refractivity (Wildman–Crippen MR) is 81.7 cm³/mol. The van der Waals surface area contributed by atoms with Crippen molar-refractivity contribution in [2.75, 3.05) is 20.2 Å². The molecule has 0 aliphatic heterocycles. The number of nitrogens with two attached hydrogens (primary N) is 1. The van der Waals surface area contributed by atoms with Crippen molar-refractivity contribution in [1.82, 2.24) is 5.32 Å². The number of hydrogen-bond acceptors (Lipinski definition) is 3. The van der Waals surface area contributed by atoms with Gasteiger partial charge in [0.25, 0.3) is 0 Å². The van der Waals surface area contributed by atoms with Gasteiger partial charge in [-0.05, 0) is 68.5 Å². The molecule has 0 aliphatic rings. The molecule has 0 aliphatic carbocycles. The number of aryl methyl sites for hydroxylation is 1. The van der Waals surface area contributed by atoms with Gasteiger partial charge in [0, 0.05) is 6.54 Å². The summed E-state index contributed by atoms with van der Waals surface area (Å²) in [6, 6.07) is 2.22. The third-order valence-corrected chi connectivity index (χ3v) is 3.87. The maximum atomic E-state index is 5.62. The Morgan fingerprint density at radius 2 is 1.95 bits per heavy atom. The highest BCUT2D eigenvalue weighted by atomic mass is 16.5. The fourth-order valence-corrected chi connectivity index (χ4v) is 2.33. The molecule has 3 heteroatoms. The number of ether oxygens (including phenoxy) is 1. The third kappa shape index (κ3) is 4.22. The van der Waals surface area contributed by atoms with Crippen molar-refractivity contribution in [3.8, 4) is 5.75 Å². The van der Waals surface area contributed by atoms with Crippen LogP contribution >= 0.6 is 0 Å². The number of benzene rings is 1. The van der Waals surface area contributed by atoms with E-state index in [1.165, 1.54) is 22.3 Å². The second-order valence-electron chi connectivity index (χ2n) is 5.44. The first-order valence-corrected chi connectivity index (χ1v) is 7.05. The lowest BCUT2D eigenvalue weighted by atomic mass is 9.98. The molecule has 1 aromatic rings. The summed E-state index contributed by atoms with van der Waals surface area (Å²) in [5, 5.41) is 3.50. The van der Waals surface area contributed by atoms with Gasteiger partial charge in [-0.1, -0.05) is 13.0 Å². The minimum Gasteiger partial charge on any atom is -0.496 e. The first-order chi connectivity index (χ1) is 9.01. The second-order valence-corrected chi connectivity index (χ2v) is 5.44. The molecule has 0 radical (unpaired) electrons. The van der Waals surface area contributed by atoms with Crippen LogP contribution in [0.25, 0.3) is 0 Å². The predicted octanol–water partition coefficient (Wildman–Crippen LogP) is 2.69. The van der Waals surface area contributed by atoms with Gasteiger partial charge >= 0.3 is 0 Å². The zero-order valence-corrected chi connectivity index (χ0v) is 13.0. The van der Waals surface area contributed by atoms with Crippen LogP contribution in [0.4, 0.5) is 0 Å². The summed E-state index contributed by atoms with van der Waals surface area (Å²) in [5.41, 5.74) is 10.7. The van der Waals surface area contributed by atoms with Gasteiger partial charge in [-0.3, -0.25) is 0 Å². The number of methoxy groups -OCH3 is 1. The molecule has 1 rings (SSSR count).